The normalized spacial score (nSPS) is 20.1. The summed E-state index contributed by atoms with van der Waals surface area (Å²) in [7, 11) is 0. The van der Waals surface area contributed by atoms with E-state index in [-0.39, 0.29) is 0 Å². The van der Waals surface area contributed by atoms with Gasteiger partial charge in [-0.2, -0.15) is 0 Å². The maximum absolute atomic E-state index is 7.35. The highest BCUT2D eigenvalue weighted by Gasteiger charge is 2.19. The molecule has 74 valence electrons. The summed E-state index contributed by atoms with van der Waals surface area (Å²) in [5.74, 6) is 0.796. The number of fused-ring (bicyclic) bond motifs is 1. The highest BCUT2D eigenvalue weighted by atomic mass is 14.7. The molecule has 0 spiro atoms. The second-order valence-corrected chi connectivity index (χ2v) is 4.02. The lowest BCUT2D eigenvalue weighted by atomic mass is 9.81. The zero-order valence-electron chi connectivity index (χ0n) is 8.29. The average molecular weight is 188 g/mol. The molecule has 1 aromatic carbocycles. The van der Waals surface area contributed by atoms with E-state index < -0.39 is 0 Å². The van der Waals surface area contributed by atoms with Crippen molar-refractivity contribution in [1.29, 1.82) is 5.41 Å². The highest BCUT2D eigenvalue weighted by molar-refractivity contribution is 5.77. The second-order valence-electron chi connectivity index (χ2n) is 4.02. The van der Waals surface area contributed by atoms with Crippen LogP contribution in [0.3, 0.4) is 0 Å². The summed E-state index contributed by atoms with van der Waals surface area (Å²) in [5, 5.41) is 7.35. The third-order valence-electron chi connectivity index (χ3n) is 2.96. The van der Waals surface area contributed by atoms with E-state index in [1.807, 2.05) is 0 Å². The molecular weight excluding hydrogens is 172 g/mol. The Balaban J connectivity index is 2.26. The standard InChI is InChI=1S/C12H16N2/c13-12(14)8-10-6-3-5-9-4-1-2-7-11(9)10/h1-2,4,7,10H,3,5-6,8H2,(H3,13,14)/t10-/m0/s1. The molecule has 0 aliphatic heterocycles. The van der Waals surface area contributed by atoms with Crippen LogP contribution in [0.25, 0.3) is 0 Å². The highest BCUT2D eigenvalue weighted by Crippen LogP contribution is 2.33. The Labute approximate surface area is 84.6 Å². The van der Waals surface area contributed by atoms with E-state index in [0.717, 1.165) is 6.42 Å². The summed E-state index contributed by atoms with van der Waals surface area (Å²) in [6.45, 7) is 0. The fraction of sp³-hybridized carbons (Fsp3) is 0.417. The number of nitrogens with one attached hydrogen (secondary N) is 1. The van der Waals surface area contributed by atoms with Crippen molar-refractivity contribution < 1.29 is 0 Å². The molecule has 0 fully saturated rings. The molecule has 0 saturated heterocycles. The molecule has 0 radical (unpaired) electrons. The Morgan fingerprint density at radius 3 is 3.00 bits per heavy atom. The Bertz CT molecular complexity index is 344. The Morgan fingerprint density at radius 2 is 2.21 bits per heavy atom. The summed E-state index contributed by atoms with van der Waals surface area (Å²) >= 11 is 0. The van der Waals surface area contributed by atoms with Gasteiger partial charge in [-0.25, -0.2) is 0 Å². The number of amidine groups is 1. The van der Waals surface area contributed by atoms with Gasteiger partial charge < -0.3 is 5.73 Å². The summed E-state index contributed by atoms with van der Waals surface area (Å²) < 4.78 is 0. The van der Waals surface area contributed by atoms with Gasteiger partial charge >= 0.3 is 0 Å². The van der Waals surface area contributed by atoms with Crippen LogP contribution < -0.4 is 5.73 Å². The molecule has 2 nitrogen and oxygen atoms in total. The average Bonchev–Trinajstić information content (AvgIpc) is 2.18. The van der Waals surface area contributed by atoms with Crippen molar-refractivity contribution in [1.82, 2.24) is 0 Å². The minimum Gasteiger partial charge on any atom is -0.388 e. The predicted octanol–water partition coefficient (Wildman–Crippen LogP) is 2.43. The number of hydrogen-bond donors (Lipinski definition) is 2. The summed E-state index contributed by atoms with van der Waals surface area (Å²) in [4.78, 5) is 0. The Kier molecular flexibility index (Phi) is 2.53. The van der Waals surface area contributed by atoms with Crippen molar-refractivity contribution in [3.63, 3.8) is 0 Å². The fourth-order valence-corrected chi connectivity index (χ4v) is 2.33. The van der Waals surface area contributed by atoms with Crippen molar-refractivity contribution in [2.45, 2.75) is 31.6 Å². The molecule has 2 rings (SSSR count). The van der Waals surface area contributed by atoms with Crippen LogP contribution in [0.2, 0.25) is 0 Å². The van der Waals surface area contributed by atoms with Gasteiger partial charge in [0.1, 0.15) is 0 Å². The van der Waals surface area contributed by atoms with Crippen molar-refractivity contribution >= 4 is 5.84 Å². The Hall–Kier alpha value is -1.31. The molecule has 0 bridgehead atoms. The molecule has 0 amide bonds. The maximum Gasteiger partial charge on any atom is 0.0911 e. The zero-order chi connectivity index (χ0) is 9.97. The first-order chi connectivity index (χ1) is 6.77. The van der Waals surface area contributed by atoms with E-state index >= 15 is 0 Å². The van der Waals surface area contributed by atoms with E-state index in [2.05, 4.69) is 24.3 Å². The van der Waals surface area contributed by atoms with Crippen LogP contribution in [0.4, 0.5) is 0 Å². The monoisotopic (exact) mass is 188 g/mol. The molecule has 0 unspecified atom stereocenters. The molecule has 2 heteroatoms. The molecule has 14 heavy (non-hydrogen) atoms. The van der Waals surface area contributed by atoms with E-state index in [0.29, 0.717) is 11.8 Å². The third-order valence-corrected chi connectivity index (χ3v) is 2.96. The van der Waals surface area contributed by atoms with E-state index in [4.69, 9.17) is 11.1 Å². The molecule has 1 atom stereocenters. The summed E-state index contributed by atoms with van der Waals surface area (Å²) in [6.07, 6.45) is 4.31. The van der Waals surface area contributed by atoms with E-state index in [1.165, 1.54) is 30.4 Å². The first kappa shape index (κ1) is 9.25. The largest absolute Gasteiger partial charge is 0.388 e. The molecule has 3 N–H and O–H groups in total. The first-order valence-electron chi connectivity index (χ1n) is 5.18. The van der Waals surface area contributed by atoms with Gasteiger partial charge in [0.25, 0.3) is 0 Å². The van der Waals surface area contributed by atoms with Crippen LogP contribution in [0.5, 0.6) is 0 Å². The summed E-state index contributed by atoms with van der Waals surface area (Å²) in [6, 6.07) is 8.55. The van der Waals surface area contributed by atoms with Crippen molar-refractivity contribution in [2.24, 2.45) is 5.73 Å². The molecule has 0 aromatic heterocycles. The molecule has 0 heterocycles. The number of benzene rings is 1. The number of nitrogens with two attached hydrogens (primary N) is 1. The smallest absolute Gasteiger partial charge is 0.0911 e. The van der Waals surface area contributed by atoms with Crippen LogP contribution >= 0.6 is 0 Å². The van der Waals surface area contributed by atoms with E-state index in [9.17, 15) is 0 Å². The minimum atomic E-state index is 0.312. The van der Waals surface area contributed by atoms with Gasteiger partial charge in [0, 0.05) is 6.42 Å². The van der Waals surface area contributed by atoms with Crippen LogP contribution in [0.15, 0.2) is 24.3 Å². The maximum atomic E-state index is 7.35. The number of rotatable bonds is 2. The van der Waals surface area contributed by atoms with Gasteiger partial charge in [-0.1, -0.05) is 24.3 Å². The van der Waals surface area contributed by atoms with Gasteiger partial charge in [-0.3, -0.25) is 5.41 Å². The molecule has 0 saturated carbocycles. The topological polar surface area (TPSA) is 49.9 Å². The SMILES string of the molecule is N=C(N)C[C@@H]1CCCc2ccccc21. The van der Waals surface area contributed by atoms with Gasteiger partial charge in [0.05, 0.1) is 5.84 Å². The summed E-state index contributed by atoms with van der Waals surface area (Å²) in [5.41, 5.74) is 8.32. The number of aryl methyl sites for hydroxylation is 1. The fourth-order valence-electron chi connectivity index (χ4n) is 2.33. The van der Waals surface area contributed by atoms with Gasteiger partial charge in [-0.05, 0) is 36.3 Å². The van der Waals surface area contributed by atoms with Gasteiger partial charge in [-0.15, -0.1) is 0 Å². The predicted molar refractivity (Wildman–Crippen MR) is 58.7 cm³/mol. The van der Waals surface area contributed by atoms with Crippen LogP contribution in [-0.2, 0) is 6.42 Å². The lowest BCUT2D eigenvalue weighted by molar-refractivity contribution is 0.565. The quantitative estimate of drug-likeness (QED) is 0.543. The molecule has 1 aromatic rings. The van der Waals surface area contributed by atoms with Crippen molar-refractivity contribution in [3.05, 3.63) is 35.4 Å². The van der Waals surface area contributed by atoms with Crippen LogP contribution in [0, 0.1) is 5.41 Å². The first-order valence-corrected chi connectivity index (χ1v) is 5.18. The molecule has 1 aliphatic rings. The number of hydrogen-bond acceptors (Lipinski definition) is 1. The zero-order valence-corrected chi connectivity index (χ0v) is 8.29. The van der Waals surface area contributed by atoms with Gasteiger partial charge in [0.2, 0.25) is 0 Å². The van der Waals surface area contributed by atoms with Gasteiger partial charge in [0.15, 0.2) is 0 Å². The van der Waals surface area contributed by atoms with Crippen LogP contribution in [0.1, 0.15) is 36.3 Å². The Morgan fingerprint density at radius 1 is 1.43 bits per heavy atom. The molecular formula is C12H16N2. The minimum absolute atomic E-state index is 0.312. The second kappa shape index (κ2) is 3.82. The van der Waals surface area contributed by atoms with E-state index in [1.54, 1.807) is 0 Å². The lowest BCUT2D eigenvalue weighted by Gasteiger charge is -2.24. The van der Waals surface area contributed by atoms with Crippen LogP contribution in [-0.4, -0.2) is 5.84 Å². The van der Waals surface area contributed by atoms with Crippen molar-refractivity contribution in [2.75, 3.05) is 0 Å². The third kappa shape index (κ3) is 1.79. The molecule has 1 aliphatic carbocycles. The van der Waals surface area contributed by atoms with Crippen molar-refractivity contribution in [3.8, 4) is 0 Å². The lowest BCUT2D eigenvalue weighted by Crippen LogP contribution is -2.18.